The van der Waals surface area contributed by atoms with Crippen molar-refractivity contribution in [2.45, 2.75) is 38.7 Å². The van der Waals surface area contributed by atoms with E-state index in [1.54, 1.807) is 6.92 Å². The van der Waals surface area contributed by atoms with E-state index in [0.29, 0.717) is 0 Å². The highest BCUT2D eigenvalue weighted by Crippen LogP contribution is 2.28. The number of fused-ring (bicyclic) bond motifs is 1. The molecule has 1 aliphatic rings. The highest BCUT2D eigenvalue weighted by atomic mass is 16.5. The Bertz CT molecular complexity index is 965. The van der Waals surface area contributed by atoms with Gasteiger partial charge < -0.3 is 10.1 Å². The zero-order valence-corrected chi connectivity index (χ0v) is 16.2. The zero-order chi connectivity index (χ0) is 19.3. The number of nitrogens with one attached hydrogen (secondary N) is 1. The van der Waals surface area contributed by atoms with Crippen molar-refractivity contribution in [3.05, 3.63) is 83.9 Å². The van der Waals surface area contributed by atoms with Gasteiger partial charge in [-0.25, -0.2) is 0 Å². The average molecular weight is 371 g/mol. The maximum atomic E-state index is 12.8. The van der Waals surface area contributed by atoms with Crippen molar-refractivity contribution in [1.82, 2.24) is 0 Å². The molecule has 1 atom stereocenters. The molecule has 3 aromatic rings. The Kier molecular flexibility index (Phi) is 5.43. The molecule has 3 aromatic carbocycles. The molecule has 0 unspecified atom stereocenters. The number of anilines is 1. The minimum Gasteiger partial charge on any atom is -0.481 e. The van der Waals surface area contributed by atoms with Gasteiger partial charge in [-0.05, 0) is 67.5 Å². The Balaban J connectivity index is 1.47. The molecular formula is C25H25NO2. The Morgan fingerprint density at radius 1 is 0.893 bits per heavy atom. The first-order valence-corrected chi connectivity index (χ1v) is 9.94. The number of hydrogen-bond acceptors (Lipinski definition) is 2. The SMILES string of the molecule is C[C@@H](Oc1ccc2c(c1)CCCC2)C(=O)Nc1ccccc1-c1ccccc1. The molecule has 28 heavy (non-hydrogen) atoms. The number of amides is 1. The van der Waals surface area contributed by atoms with E-state index >= 15 is 0 Å². The summed E-state index contributed by atoms with van der Waals surface area (Å²) in [6, 6.07) is 24.1. The van der Waals surface area contributed by atoms with Gasteiger partial charge in [0.15, 0.2) is 6.10 Å². The topological polar surface area (TPSA) is 38.3 Å². The molecule has 0 saturated carbocycles. The zero-order valence-electron chi connectivity index (χ0n) is 16.2. The Morgan fingerprint density at radius 3 is 2.43 bits per heavy atom. The normalized spacial score (nSPS) is 14.0. The van der Waals surface area contributed by atoms with Crippen LogP contribution in [0.5, 0.6) is 5.75 Å². The van der Waals surface area contributed by atoms with Crippen LogP contribution in [0.3, 0.4) is 0 Å². The van der Waals surface area contributed by atoms with E-state index in [4.69, 9.17) is 4.74 Å². The third-order valence-corrected chi connectivity index (χ3v) is 5.27. The molecule has 0 spiro atoms. The summed E-state index contributed by atoms with van der Waals surface area (Å²) in [7, 11) is 0. The third kappa shape index (κ3) is 4.09. The summed E-state index contributed by atoms with van der Waals surface area (Å²) < 4.78 is 5.95. The van der Waals surface area contributed by atoms with Crippen molar-refractivity contribution >= 4 is 11.6 Å². The molecule has 1 aliphatic carbocycles. The lowest BCUT2D eigenvalue weighted by Gasteiger charge is -2.19. The molecule has 1 amide bonds. The molecule has 0 fully saturated rings. The molecule has 0 heterocycles. The molecule has 4 rings (SSSR count). The first-order valence-electron chi connectivity index (χ1n) is 9.94. The molecule has 0 bridgehead atoms. The van der Waals surface area contributed by atoms with Crippen LogP contribution in [0.25, 0.3) is 11.1 Å². The Labute approximate surface area is 166 Å². The van der Waals surface area contributed by atoms with Crippen LogP contribution in [-0.4, -0.2) is 12.0 Å². The molecule has 0 aliphatic heterocycles. The predicted octanol–water partition coefficient (Wildman–Crippen LogP) is 5.64. The van der Waals surface area contributed by atoms with Crippen LogP contribution < -0.4 is 10.1 Å². The summed E-state index contributed by atoms with van der Waals surface area (Å²) in [6.07, 6.45) is 4.14. The molecule has 3 nitrogen and oxygen atoms in total. The monoisotopic (exact) mass is 371 g/mol. The van der Waals surface area contributed by atoms with Crippen molar-refractivity contribution in [3.8, 4) is 16.9 Å². The van der Waals surface area contributed by atoms with E-state index < -0.39 is 6.10 Å². The quantitative estimate of drug-likeness (QED) is 0.630. The smallest absolute Gasteiger partial charge is 0.265 e. The molecular weight excluding hydrogens is 346 g/mol. The van der Waals surface area contributed by atoms with Gasteiger partial charge in [0.25, 0.3) is 5.91 Å². The second kappa shape index (κ2) is 8.30. The molecule has 142 valence electrons. The van der Waals surface area contributed by atoms with Crippen LogP contribution in [0.4, 0.5) is 5.69 Å². The van der Waals surface area contributed by atoms with Crippen LogP contribution in [0.1, 0.15) is 30.9 Å². The van der Waals surface area contributed by atoms with Gasteiger partial charge >= 0.3 is 0 Å². The van der Waals surface area contributed by atoms with Gasteiger partial charge in [0, 0.05) is 11.3 Å². The van der Waals surface area contributed by atoms with Crippen LogP contribution in [-0.2, 0) is 17.6 Å². The summed E-state index contributed by atoms with van der Waals surface area (Å²) >= 11 is 0. The van der Waals surface area contributed by atoms with Crippen molar-refractivity contribution in [2.75, 3.05) is 5.32 Å². The largest absolute Gasteiger partial charge is 0.481 e. The number of para-hydroxylation sites is 1. The minimum atomic E-state index is -0.578. The summed E-state index contributed by atoms with van der Waals surface area (Å²) in [5.41, 5.74) is 5.62. The molecule has 3 heteroatoms. The number of benzene rings is 3. The number of ether oxygens (including phenoxy) is 1. The standard InChI is InChI=1S/C25H25NO2/c1-18(28-22-16-15-19-9-5-6-12-21(19)17-22)25(27)26-24-14-8-7-13-23(24)20-10-3-2-4-11-20/h2-4,7-8,10-11,13-18H,5-6,9,12H2,1H3,(H,26,27)/t18-/m1/s1. The number of hydrogen-bond donors (Lipinski definition) is 1. The molecule has 0 aromatic heterocycles. The van der Waals surface area contributed by atoms with Crippen molar-refractivity contribution < 1.29 is 9.53 Å². The van der Waals surface area contributed by atoms with Crippen molar-refractivity contribution in [2.24, 2.45) is 0 Å². The van der Waals surface area contributed by atoms with E-state index in [0.717, 1.165) is 35.4 Å². The Hall–Kier alpha value is -3.07. The summed E-state index contributed by atoms with van der Waals surface area (Å²) in [6.45, 7) is 1.79. The Morgan fingerprint density at radius 2 is 1.61 bits per heavy atom. The maximum absolute atomic E-state index is 12.8. The number of carbonyl (C=O) groups excluding carboxylic acids is 1. The third-order valence-electron chi connectivity index (χ3n) is 5.27. The molecule has 0 saturated heterocycles. The minimum absolute atomic E-state index is 0.152. The molecule has 0 radical (unpaired) electrons. The van der Waals surface area contributed by atoms with Gasteiger partial charge in [-0.2, -0.15) is 0 Å². The van der Waals surface area contributed by atoms with E-state index in [1.807, 2.05) is 60.7 Å². The van der Waals surface area contributed by atoms with Gasteiger partial charge in [-0.3, -0.25) is 4.79 Å². The highest BCUT2D eigenvalue weighted by molar-refractivity contribution is 5.98. The number of carbonyl (C=O) groups is 1. The fraction of sp³-hybridized carbons (Fsp3) is 0.240. The summed E-state index contributed by atoms with van der Waals surface area (Å²) in [4.78, 5) is 12.8. The average Bonchev–Trinajstić information content (AvgIpc) is 2.74. The predicted molar refractivity (Wildman–Crippen MR) is 114 cm³/mol. The fourth-order valence-electron chi connectivity index (χ4n) is 3.74. The fourth-order valence-corrected chi connectivity index (χ4v) is 3.74. The lowest BCUT2D eigenvalue weighted by molar-refractivity contribution is -0.122. The van der Waals surface area contributed by atoms with Gasteiger partial charge in [0.1, 0.15) is 5.75 Å². The van der Waals surface area contributed by atoms with Crippen molar-refractivity contribution in [3.63, 3.8) is 0 Å². The van der Waals surface area contributed by atoms with E-state index in [2.05, 4.69) is 17.4 Å². The van der Waals surface area contributed by atoms with Gasteiger partial charge in [0.05, 0.1) is 0 Å². The first kappa shape index (κ1) is 18.3. The number of rotatable bonds is 5. The molecule has 1 N–H and O–H groups in total. The highest BCUT2D eigenvalue weighted by Gasteiger charge is 2.18. The van der Waals surface area contributed by atoms with Crippen LogP contribution in [0.2, 0.25) is 0 Å². The van der Waals surface area contributed by atoms with E-state index in [9.17, 15) is 4.79 Å². The van der Waals surface area contributed by atoms with Crippen LogP contribution >= 0.6 is 0 Å². The number of aryl methyl sites for hydroxylation is 2. The van der Waals surface area contributed by atoms with Crippen LogP contribution in [0.15, 0.2) is 72.8 Å². The second-order valence-electron chi connectivity index (χ2n) is 7.30. The lowest BCUT2D eigenvalue weighted by Crippen LogP contribution is -2.30. The lowest BCUT2D eigenvalue weighted by atomic mass is 9.92. The van der Waals surface area contributed by atoms with Crippen LogP contribution in [0, 0.1) is 0 Å². The van der Waals surface area contributed by atoms with Gasteiger partial charge in [0.2, 0.25) is 0 Å². The van der Waals surface area contributed by atoms with Gasteiger partial charge in [-0.1, -0.05) is 54.6 Å². The van der Waals surface area contributed by atoms with E-state index in [-0.39, 0.29) is 5.91 Å². The second-order valence-corrected chi connectivity index (χ2v) is 7.30. The maximum Gasteiger partial charge on any atom is 0.265 e. The van der Waals surface area contributed by atoms with E-state index in [1.165, 1.54) is 24.0 Å². The first-order chi connectivity index (χ1) is 13.7. The van der Waals surface area contributed by atoms with Gasteiger partial charge in [-0.15, -0.1) is 0 Å². The van der Waals surface area contributed by atoms with Crippen molar-refractivity contribution in [1.29, 1.82) is 0 Å². The summed E-state index contributed by atoms with van der Waals surface area (Å²) in [5, 5.41) is 3.03. The summed E-state index contributed by atoms with van der Waals surface area (Å²) in [5.74, 6) is 0.612.